The molecule has 0 aliphatic rings. The van der Waals surface area contributed by atoms with Crippen molar-refractivity contribution in [1.29, 1.82) is 0 Å². The fourth-order valence-corrected chi connectivity index (χ4v) is 3.45. The van der Waals surface area contributed by atoms with Gasteiger partial charge in [0.1, 0.15) is 0 Å². The van der Waals surface area contributed by atoms with E-state index in [0.29, 0.717) is 19.1 Å². The van der Waals surface area contributed by atoms with Crippen LogP contribution in [0.15, 0.2) is 29.3 Å². The second kappa shape index (κ2) is 11.0. The molecule has 0 amide bonds. The van der Waals surface area contributed by atoms with Crippen LogP contribution in [-0.4, -0.2) is 36.5 Å². The number of ether oxygens (including phenoxy) is 1. The molecule has 2 aromatic rings. The van der Waals surface area contributed by atoms with E-state index in [4.69, 9.17) is 4.74 Å². The number of aliphatic imine (C=N–C) groups is 1. The number of benzene rings is 1. The van der Waals surface area contributed by atoms with E-state index in [9.17, 15) is 0 Å². The van der Waals surface area contributed by atoms with Crippen LogP contribution < -0.4 is 10.6 Å². The van der Waals surface area contributed by atoms with E-state index in [1.807, 2.05) is 11.6 Å². The van der Waals surface area contributed by atoms with Crippen molar-refractivity contribution < 1.29 is 4.74 Å². The molecule has 1 heterocycles. The van der Waals surface area contributed by atoms with E-state index in [1.54, 1.807) is 14.2 Å². The van der Waals surface area contributed by atoms with E-state index in [1.165, 1.54) is 16.7 Å². The Kier molecular flexibility index (Phi) is 8.70. The van der Waals surface area contributed by atoms with Crippen LogP contribution in [0.5, 0.6) is 0 Å². The summed E-state index contributed by atoms with van der Waals surface area (Å²) < 4.78 is 7.18. The van der Waals surface area contributed by atoms with Gasteiger partial charge in [-0.1, -0.05) is 38.1 Å². The van der Waals surface area contributed by atoms with Crippen LogP contribution >= 0.6 is 0 Å². The molecule has 1 aromatic carbocycles. The fourth-order valence-electron chi connectivity index (χ4n) is 3.45. The lowest BCUT2D eigenvalue weighted by molar-refractivity contribution is 0.182. The molecule has 6 heteroatoms. The molecule has 0 fully saturated rings. The lowest BCUT2D eigenvalue weighted by Crippen LogP contribution is -2.38. The lowest BCUT2D eigenvalue weighted by atomic mass is 10.00. The number of nitrogens with one attached hydrogen (secondary N) is 2. The molecule has 0 saturated heterocycles. The molecule has 0 spiro atoms. The van der Waals surface area contributed by atoms with Gasteiger partial charge in [0.15, 0.2) is 5.96 Å². The minimum absolute atomic E-state index is 0.168. The van der Waals surface area contributed by atoms with Crippen LogP contribution in [-0.2, 0) is 24.2 Å². The standard InChI is InChI=1S/C23H37N5O/c1-16(2)14-20-8-10-21(11-9-20)17(3)26-23(24-6)25-15-22-18(4)27-28(19(22)5)12-13-29-7/h8-11,16-17H,12-15H2,1-7H3,(H2,24,25,26). The summed E-state index contributed by atoms with van der Waals surface area (Å²) in [5, 5.41) is 11.5. The normalized spacial score (nSPS) is 13.0. The second-order valence-corrected chi connectivity index (χ2v) is 8.00. The average Bonchev–Trinajstić information content (AvgIpc) is 2.96. The average molecular weight is 400 g/mol. The monoisotopic (exact) mass is 399 g/mol. The summed E-state index contributed by atoms with van der Waals surface area (Å²) in [6.45, 7) is 12.9. The van der Waals surface area contributed by atoms with Crippen LogP contribution in [0.3, 0.4) is 0 Å². The number of hydrogen-bond acceptors (Lipinski definition) is 3. The number of hydrogen-bond donors (Lipinski definition) is 2. The van der Waals surface area contributed by atoms with Gasteiger partial charge < -0.3 is 15.4 Å². The summed E-state index contributed by atoms with van der Waals surface area (Å²) in [5.41, 5.74) is 6.04. The van der Waals surface area contributed by atoms with Crippen molar-refractivity contribution in [2.45, 2.75) is 60.2 Å². The van der Waals surface area contributed by atoms with Gasteiger partial charge in [0.25, 0.3) is 0 Å². The van der Waals surface area contributed by atoms with Crippen molar-refractivity contribution in [3.63, 3.8) is 0 Å². The Labute approximate surface area is 175 Å². The molecule has 0 aliphatic heterocycles. The molecule has 2 N–H and O–H groups in total. The van der Waals surface area contributed by atoms with Gasteiger partial charge in [-0.2, -0.15) is 5.10 Å². The minimum atomic E-state index is 0.168. The van der Waals surface area contributed by atoms with Crippen LogP contribution in [0, 0.1) is 19.8 Å². The third-order valence-corrected chi connectivity index (χ3v) is 5.17. The third kappa shape index (κ3) is 6.60. The predicted molar refractivity (Wildman–Crippen MR) is 120 cm³/mol. The first-order valence-corrected chi connectivity index (χ1v) is 10.4. The van der Waals surface area contributed by atoms with Gasteiger partial charge in [-0.15, -0.1) is 0 Å². The molecule has 1 atom stereocenters. The Morgan fingerprint density at radius 1 is 1.17 bits per heavy atom. The molecular weight excluding hydrogens is 362 g/mol. The Hall–Kier alpha value is -2.34. The summed E-state index contributed by atoms with van der Waals surface area (Å²) in [5.74, 6) is 1.46. The van der Waals surface area contributed by atoms with Crippen molar-refractivity contribution in [3.05, 3.63) is 52.3 Å². The smallest absolute Gasteiger partial charge is 0.191 e. The van der Waals surface area contributed by atoms with Crippen LogP contribution in [0.2, 0.25) is 0 Å². The van der Waals surface area contributed by atoms with Crippen LogP contribution in [0.1, 0.15) is 54.9 Å². The lowest BCUT2D eigenvalue weighted by Gasteiger charge is -2.19. The number of aromatic nitrogens is 2. The Balaban J connectivity index is 1.96. The van der Waals surface area contributed by atoms with Crippen molar-refractivity contribution in [1.82, 2.24) is 20.4 Å². The highest BCUT2D eigenvalue weighted by Crippen LogP contribution is 2.16. The third-order valence-electron chi connectivity index (χ3n) is 5.17. The van der Waals surface area contributed by atoms with Crippen LogP contribution in [0.25, 0.3) is 0 Å². The quantitative estimate of drug-likeness (QED) is 0.498. The maximum Gasteiger partial charge on any atom is 0.191 e. The summed E-state index contributed by atoms with van der Waals surface area (Å²) in [7, 11) is 3.51. The summed E-state index contributed by atoms with van der Waals surface area (Å²) >= 11 is 0. The molecular formula is C23H37N5O. The molecule has 29 heavy (non-hydrogen) atoms. The molecule has 160 valence electrons. The summed E-state index contributed by atoms with van der Waals surface area (Å²) in [6.07, 6.45) is 1.11. The number of rotatable bonds is 9. The number of guanidine groups is 1. The Bertz CT molecular complexity index is 792. The van der Waals surface area contributed by atoms with Gasteiger partial charge >= 0.3 is 0 Å². The molecule has 0 radical (unpaired) electrons. The topological polar surface area (TPSA) is 63.5 Å². The zero-order valence-corrected chi connectivity index (χ0v) is 19.0. The van der Waals surface area contributed by atoms with Gasteiger partial charge in [-0.05, 0) is 44.2 Å². The number of aryl methyl sites for hydroxylation is 1. The SMILES string of the molecule is CN=C(NCc1c(C)nn(CCOC)c1C)NC(C)c1ccc(CC(C)C)cc1. The fraction of sp³-hybridized carbons (Fsp3) is 0.565. The summed E-state index contributed by atoms with van der Waals surface area (Å²) in [6, 6.07) is 9.03. The van der Waals surface area contributed by atoms with E-state index in [-0.39, 0.29) is 6.04 Å². The summed E-state index contributed by atoms with van der Waals surface area (Å²) in [4.78, 5) is 4.39. The molecule has 6 nitrogen and oxygen atoms in total. The highest BCUT2D eigenvalue weighted by atomic mass is 16.5. The minimum Gasteiger partial charge on any atom is -0.383 e. The van der Waals surface area contributed by atoms with Gasteiger partial charge in [-0.25, -0.2) is 0 Å². The molecule has 2 rings (SSSR count). The maximum atomic E-state index is 5.17. The first-order valence-electron chi connectivity index (χ1n) is 10.4. The zero-order chi connectivity index (χ0) is 21.4. The van der Waals surface area contributed by atoms with Gasteiger partial charge in [0.05, 0.1) is 24.9 Å². The van der Waals surface area contributed by atoms with E-state index < -0.39 is 0 Å². The Morgan fingerprint density at radius 3 is 2.45 bits per heavy atom. The first kappa shape index (κ1) is 22.9. The molecule has 1 aromatic heterocycles. The molecule has 0 aliphatic carbocycles. The maximum absolute atomic E-state index is 5.17. The number of methoxy groups -OCH3 is 1. The van der Waals surface area contributed by atoms with Crippen molar-refractivity contribution in [2.24, 2.45) is 10.9 Å². The van der Waals surface area contributed by atoms with E-state index >= 15 is 0 Å². The van der Waals surface area contributed by atoms with Gasteiger partial charge in [0, 0.05) is 32.0 Å². The van der Waals surface area contributed by atoms with Gasteiger partial charge in [0.2, 0.25) is 0 Å². The molecule has 0 saturated carbocycles. The molecule has 0 bridgehead atoms. The predicted octanol–water partition coefficient (Wildman–Crippen LogP) is 3.77. The van der Waals surface area contributed by atoms with E-state index in [2.05, 4.69) is 72.7 Å². The largest absolute Gasteiger partial charge is 0.383 e. The second-order valence-electron chi connectivity index (χ2n) is 8.00. The van der Waals surface area contributed by atoms with Crippen molar-refractivity contribution in [3.8, 4) is 0 Å². The van der Waals surface area contributed by atoms with Gasteiger partial charge in [-0.3, -0.25) is 9.67 Å². The Morgan fingerprint density at radius 2 is 1.86 bits per heavy atom. The zero-order valence-electron chi connectivity index (χ0n) is 19.0. The van der Waals surface area contributed by atoms with E-state index in [0.717, 1.165) is 30.3 Å². The number of nitrogens with zero attached hydrogens (tertiary/aromatic N) is 3. The van der Waals surface area contributed by atoms with Crippen LogP contribution in [0.4, 0.5) is 0 Å². The molecule has 1 unspecified atom stereocenters. The van der Waals surface area contributed by atoms with Crippen molar-refractivity contribution >= 4 is 5.96 Å². The first-order chi connectivity index (χ1) is 13.8. The highest BCUT2D eigenvalue weighted by Gasteiger charge is 2.13. The highest BCUT2D eigenvalue weighted by molar-refractivity contribution is 5.80. The van der Waals surface area contributed by atoms with Crippen molar-refractivity contribution in [2.75, 3.05) is 20.8 Å².